The van der Waals surface area contributed by atoms with Gasteiger partial charge in [0.25, 0.3) is 0 Å². The van der Waals surface area contributed by atoms with Gasteiger partial charge in [-0.2, -0.15) is 5.26 Å². The third kappa shape index (κ3) is 3.68. The second-order valence-corrected chi connectivity index (χ2v) is 9.42. The smallest absolute Gasteiger partial charge is 0.216 e. The van der Waals surface area contributed by atoms with Crippen molar-refractivity contribution >= 4 is 21.9 Å². The molecule has 0 atom stereocenters. The minimum atomic E-state index is -2.23. The zero-order chi connectivity index (χ0) is 28.2. The first kappa shape index (κ1) is 18.3. The highest BCUT2D eigenvalue weighted by atomic mass is 16.5. The second kappa shape index (κ2) is 8.93. The monoisotopic (exact) mass is 477 g/mol. The molecule has 4 nitrogen and oxygen atoms in total. The molecule has 0 saturated carbocycles. The summed E-state index contributed by atoms with van der Waals surface area (Å²) in [7, 11) is 1.89. The fourth-order valence-corrected chi connectivity index (χ4v) is 5.30. The van der Waals surface area contributed by atoms with Crippen LogP contribution in [0.25, 0.3) is 44.3 Å². The van der Waals surface area contributed by atoms with E-state index in [1.807, 2.05) is 67.1 Å². The van der Waals surface area contributed by atoms with Gasteiger partial charge in [-0.1, -0.05) is 36.4 Å². The number of hydrogen-bond acceptors (Lipinski definition) is 3. The Morgan fingerprint density at radius 1 is 0.972 bits per heavy atom. The molecule has 0 amide bonds. The van der Waals surface area contributed by atoms with Crippen LogP contribution in [0.2, 0.25) is 0 Å². The molecule has 0 bridgehead atoms. The van der Waals surface area contributed by atoms with E-state index in [2.05, 4.69) is 6.07 Å². The lowest BCUT2D eigenvalue weighted by molar-refractivity contribution is -0.660. The normalized spacial score (nSPS) is 17.2. The maximum Gasteiger partial charge on any atom is 0.216 e. The Kier molecular flexibility index (Phi) is 4.55. The van der Waals surface area contributed by atoms with Crippen LogP contribution in [0.1, 0.15) is 46.5 Å². The number of rotatable bonds is 3. The summed E-state index contributed by atoms with van der Waals surface area (Å²) in [6.45, 7) is 0.910. The van der Waals surface area contributed by atoms with E-state index in [-0.39, 0.29) is 5.56 Å². The van der Waals surface area contributed by atoms with Crippen LogP contribution in [0.5, 0.6) is 0 Å². The van der Waals surface area contributed by atoms with E-state index in [4.69, 9.17) is 14.6 Å². The SMILES string of the molecule is [2H]C([2H])([2H])c1cc[n+](C)c(-c2c(C)ccc3c2oc2c(-c4ccc(C5([2H])CCOCC5)cc4)c(C#N)ccc23)c1. The van der Waals surface area contributed by atoms with Crippen LogP contribution in [-0.4, -0.2) is 13.2 Å². The topological polar surface area (TPSA) is 50.0 Å². The van der Waals surface area contributed by atoms with Crippen LogP contribution < -0.4 is 4.57 Å². The molecule has 1 fully saturated rings. The van der Waals surface area contributed by atoms with Gasteiger partial charge in [0, 0.05) is 47.2 Å². The number of hydrogen-bond donors (Lipinski definition) is 0. The Hall–Kier alpha value is -3.94. The fraction of sp³-hybridized carbons (Fsp3) is 0.250. The van der Waals surface area contributed by atoms with E-state index in [0.29, 0.717) is 48.3 Å². The molecule has 1 aliphatic rings. The molecule has 6 rings (SSSR count). The van der Waals surface area contributed by atoms with Gasteiger partial charge in [-0.15, -0.1) is 0 Å². The van der Waals surface area contributed by atoms with E-state index in [1.165, 1.54) is 0 Å². The van der Waals surface area contributed by atoms with Gasteiger partial charge in [0.1, 0.15) is 18.2 Å². The minimum absolute atomic E-state index is 0.261. The molecule has 4 heteroatoms. The highest BCUT2D eigenvalue weighted by Gasteiger charge is 2.23. The summed E-state index contributed by atoms with van der Waals surface area (Å²) in [4.78, 5) is 0. The largest absolute Gasteiger partial charge is 0.454 e. The van der Waals surface area contributed by atoms with Gasteiger partial charge < -0.3 is 9.15 Å². The Bertz CT molecular complexity index is 1810. The maximum absolute atomic E-state index is 10.0. The summed E-state index contributed by atoms with van der Waals surface area (Å²) in [6.07, 6.45) is 3.06. The Labute approximate surface area is 217 Å². The first-order valence-electron chi connectivity index (χ1n) is 14.2. The molecule has 0 unspecified atom stereocenters. The standard InChI is InChI=1S/C32H29N2O2/c1-20-12-15-34(3)28(18-20)29-21(2)4-10-26-27-11-9-25(19-33)30(32(27)36-31(26)29)24-7-5-22(6-8-24)23-13-16-35-17-14-23/h4-12,15,18,23H,13-14,16-17H2,1-3H3/q+1/i1D3,23D. The van der Waals surface area contributed by atoms with E-state index in [0.717, 1.165) is 38.7 Å². The summed E-state index contributed by atoms with van der Waals surface area (Å²) in [5.74, 6) is -0.675. The maximum atomic E-state index is 10.0. The third-order valence-corrected chi connectivity index (χ3v) is 7.22. The van der Waals surface area contributed by atoms with Crippen LogP contribution in [0.3, 0.4) is 0 Å². The van der Waals surface area contributed by atoms with Crippen LogP contribution in [0, 0.1) is 25.1 Å². The van der Waals surface area contributed by atoms with Crippen molar-refractivity contribution in [3.8, 4) is 28.5 Å². The lowest BCUT2D eigenvalue weighted by Gasteiger charge is -2.22. The molecule has 3 aromatic carbocycles. The predicted molar refractivity (Wildman–Crippen MR) is 143 cm³/mol. The Morgan fingerprint density at radius 3 is 2.42 bits per heavy atom. The summed E-state index contributed by atoms with van der Waals surface area (Å²) >= 11 is 0. The number of pyridine rings is 1. The van der Waals surface area contributed by atoms with E-state index >= 15 is 0 Å². The number of aromatic nitrogens is 1. The molecule has 3 heterocycles. The van der Waals surface area contributed by atoms with E-state index in [1.54, 1.807) is 18.3 Å². The summed E-state index contributed by atoms with van der Waals surface area (Å²) in [5, 5.41) is 11.8. The molecule has 2 aromatic heterocycles. The number of aryl methyl sites for hydroxylation is 3. The summed E-state index contributed by atoms with van der Waals surface area (Å²) in [5.41, 5.74) is 7.01. The lowest BCUT2D eigenvalue weighted by atomic mass is 9.89. The van der Waals surface area contributed by atoms with Crippen molar-refractivity contribution in [3.63, 3.8) is 0 Å². The average molecular weight is 478 g/mol. The van der Waals surface area contributed by atoms with Gasteiger partial charge in [-0.25, -0.2) is 4.57 Å². The summed E-state index contributed by atoms with van der Waals surface area (Å²) < 4.78 is 46.7. The van der Waals surface area contributed by atoms with Crippen molar-refractivity contribution in [2.24, 2.45) is 7.05 Å². The highest BCUT2D eigenvalue weighted by Crippen LogP contribution is 2.42. The van der Waals surface area contributed by atoms with Gasteiger partial charge in [-0.05, 0) is 66.9 Å². The molecule has 0 N–H and O–H groups in total. The van der Waals surface area contributed by atoms with Crippen LogP contribution >= 0.6 is 0 Å². The molecule has 5 aromatic rings. The third-order valence-electron chi connectivity index (χ3n) is 7.22. The molecule has 36 heavy (non-hydrogen) atoms. The second-order valence-electron chi connectivity index (χ2n) is 9.42. The quantitative estimate of drug-likeness (QED) is 0.260. The minimum Gasteiger partial charge on any atom is -0.454 e. The van der Waals surface area contributed by atoms with Crippen LogP contribution in [0.15, 0.2) is 71.3 Å². The van der Waals surface area contributed by atoms with Gasteiger partial charge in [0.15, 0.2) is 6.20 Å². The van der Waals surface area contributed by atoms with Crippen LogP contribution in [-0.2, 0) is 11.8 Å². The molecular formula is C32H29N2O2+. The lowest BCUT2D eigenvalue weighted by Crippen LogP contribution is -2.30. The van der Waals surface area contributed by atoms with Crippen molar-refractivity contribution in [2.45, 2.75) is 32.5 Å². The number of fused-ring (bicyclic) bond motifs is 3. The van der Waals surface area contributed by atoms with Crippen molar-refractivity contribution in [2.75, 3.05) is 13.2 Å². The zero-order valence-electron chi connectivity index (χ0n) is 24.4. The van der Waals surface area contributed by atoms with Crippen molar-refractivity contribution in [1.29, 1.82) is 5.26 Å². The van der Waals surface area contributed by atoms with Gasteiger partial charge in [-0.3, -0.25) is 0 Å². The number of benzene rings is 3. The van der Waals surface area contributed by atoms with Gasteiger partial charge in [0.2, 0.25) is 5.69 Å². The molecule has 178 valence electrons. The van der Waals surface area contributed by atoms with Crippen molar-refractivity contribution < 1.29 is 19.2 Å². The zero-order valence-corrected chi connectivity index (χ0v) is 20.4. The Balaban J connectivity index is 1.57. The van der Waals surface area contributed by atoms with E-state index in [9.17, 15) is 5.26 Å². The van der Waals surface area contributed by atoms with Crippen molar-refractivity contribution in [3.05, 3.63) is 89.1 Å². The van der Waals surface area contributed by atoms with Gasteiger partial charge in [0.05, 0.1) is 17.2 Å². The van der Waals surface area contributed by atoms with Crippen LogP contribution in [0.4, 0.5) is 0 Å². The fourth-order valence-electron chi connectivity index (χ4n) is 5.30. The number of nitrogens with zero attached hydrogens (tertiary/aromatic N) is 2. The van der Waals surface area contributed by atoms with Gasteiger partial charge >= 0.3 is 0 Å². The molecular weight excluding hydrogens is 444 g/mol. The molecule has 0 aliphatic carbocycles. The number of furan rings is 1. The Morgan fingerprint density at radius 2 is 1.69 bits per heavy atom. The first-order chi connectivity index (χ1) is 19.1. The first-order valence-corrected chi connectivity index (χ1v) is 12.2. The predicted octanol–water partition coefficient (Wildman–Crippen LogP) is 7.13. The van der Waals surface area contributed by atoms with E-state index < -0.39 is 12.7 Å². The summed E-state index contributed by atoms with van der Waals surface area (Å²) in [6, 6.07) is 21.3. The highest BCUT2D eigenvalue weighted by molar-refractivity contribution is 6.14. The average Bonchev–Trinajstić information content (AvgIpc) is 3.31. The number of ether oxygens (including phenoxy) is 1. The van der Waals surface area contributed by atoms with Crippen molar-refractivity contribution in [1.82, 2.24) is 0 Å². The molecule has 1 saturated heterocycles. The molecule has 0 spiro atoms. The molecule has 0 radical (unpaired) electrons. The molecule has 1 aliphatic heterocycles. The number of nitriles is 1.